The average molecular weight is 317 g/mol. The van der Waals surface area contributed by atoms with Gasteiger partial charge in [0, 0.05) is 23.2 Å². The molecular weight excluding hydrogens is 301 g/mol. The van der Waals surface area contributed by atoms with E-state index >= 15 is 0 Å². The van der Waals surface area contributed by atoms with Crippen LogP contribution in [-0.4, -0.2) is 11.5 Å². The van der Waals surface area contributed by atoms with Gasteiger partial charge in [-0.2, -0.15) is 13.2 Å². The standard InChI is InChI=1S/C15H16ClF3N2/c1-4-5-20-12-9(3)14(15(17,18)19)21-13-10(12)6-8(2)7-11(13)16/h6-7H,4-5H2,1-3H3,(H,20,21). The molecule has 114 valence electrons. The number of nitrogens with zero attached hydrogens (tertiary/aromatic N) is 1. The number of halogens is 4. The molecule has 1 aromatic heterocycles. The highest BCUT2D eigenvalue weighted by Gasteiger charge is 2.36. The molecule has 0 bridgehead atoms. The molecule has 0 amide bonds. The predicted octanol–water partition coefficient (Wildman–Crippen LogP) is 5.35. The maximum Gasteiger partial charge on any atom is 0.433 e. The molecule has 0 aliphatic heterocycles. The minimum Gasteiger partial charge on any atom is -0.384 e. The van der Waals surface area contributed by atoms with Crippen molar-refractivity contribution in [3.05, 3.63) is 34.0 Å². The van der Waals surface area contributed by atoms with Crippen molar-refractivity contribution < 1.29 is 13.2 Å². The summed E-state index contributed by atoms with van der Waals surface area (Å²) in [6.45, 7) is 5.82. The van der Waals surface area contributed by atoms with Crippen LogP contribution >= 0.6 is 11.6 Å². The Labute approximate surface area is 126 Å². The maximum absolute atomic E-state index is 13.2. The molecule has 0 unspecified atom stereocenters. The molecule has 0 saturated heterocycles. The Bertz CT molecular complexity index is 681. The van der Waals surface area contributed by atoms with Crippen molar-refractivity contribution in [3.63, 3.8) is 0 Å². The minimum absolute atomic E-state index is 0.102. The number of nitrogens with one attached hydrogen (secondary N) is 1. The number of aryl methyl sites for hydroxylation is 1. The van der Waals surface area contributed by atoms with Crippen molar-refractivity contribution in [2.45, 2.75) is 33.4 Å². The summed E-state index contributed by atoms with van der Waals surface area (Å²) in [5.41, 5.74) is 0.732. The Morgan fingerprint density at radius 1 is 1.24 bits per heavy atom. The molecule has 0 aliphatic rings. The van der Waals surface area contributed by atoms with E-state index in [1.165, 1.54) is 6.92 Å². The van der Waals surface area contributed by atoms with Gasteiger partial charge < -0.3 is 5.32 Å². The number of aromatic nitrogens is 1. The largest absolute Gasteiger partial charge is 0.433 e. The van der Waals surface area contributed by atoms with E-state index in [0.29, 0.717) is 17.6 Å². The van der Waals surface area contributed by atoms with E-state index in [1.807, 2.05) is 13.8 Å². The molecule has 0 radical (unpaired) electrons. The highest BCUT2D eigenvalue weighted by Crippen LogP contribution is 2.39. The highest BCUT2D eigenvalue weighted by atomic mass is 35.5. The summed E-state index contributed by atoms with van der Waals surface area (Å²) in [6, 6.07) is 3.43. The van der Waals surface area contributed by atoms with Gasteiger partial charge >= 0.3 is 6.18 Å². The molecule has 0 aliphatic carbocycles. The molecule has 0 saturated carbocycles. The molecule has 1 heterocycles. The molecule has 21 heavy (non-hydrogen) atoms. The Hall–Kier alpha value is -1.49. The van der Waals surface area contributed by atoms with E-state index in [9.17, 15) is 13.2 Å². The SMILES string of the molecule is CCCNc1c(C)c(C(F)(F)F)nc2c(Cl)cc(C)cc12. The number of alkyl halides is 3. The smallest absolute Gasteiger partial charge is 0.384 e. The van der Waals surface area contributed by atoms with Gasteiger partial charge in [0.05, 0.1) is 10.5 Å². The number of pyridine rings is 1. The molecule has 6 heteroatoms. The number of anilines is 1. The van der Waals surface area contributed by atoms with Gasteiger partial charge in [0.2, 0.25) is 0 Å². The van der Waals surface area contributed by atoms with Crippen LogP contribution in [0.25, 0.3) is 10.9 Å². The van der Waals surface area contributed by atoms with Crippen LogP contribution in [0.1, 0.15) is 30.2 Å². The number of rotatable bonds is 3. The van der Waals surface area contributed by atoms with Crippen LogP contribution in [0.3, 0.4) is 0 Å². The summed E-state index contributed by atoms with van der Waals surface area (Å²) in [7, 11) is 0. The van der Waals surface area contributed by atoms with Crippen molar-refractivity contribution in [2.75, 3.05) is 11.9 Å². The van der Waals surface area contributed by atoms with E-state index in [-0.39, 0.29) is 16.1 Å². The average Bonchev–Trinajstić information content (AvgIpc) is 2.35. The normalized spacial score (nSPS) is 12.0. The van der Waals surface area contributed by atoms with Crippen LogP contribution in [0.2, 0.25) is 5.02 Å². The third-order valence-electron chi connectivity index (χ3n) is 3.25. The molecule has 2 rings (SSSR count). The first-order valence-corrected chi connectivity index (χ1v) is 7.05. The second-order valence-corrected chi connectivity index (χ2v) is 5.44. The number of hydrogen-bond acceptors (Lipinski definition) is 2. The topological polar surface area (TPSA) is 24.9 Å². The third-order valence-corrected chi connectivity index (χ3v) is 3.54. The maximum atomic E-state index is 13.2. The zero-order valence-electron chi connectivity index (χ0n) is 12.0. The van der Waals surface area contributed by atoms with Crippen molar-refractivity contribution in [2.24, 2.45) is 0 Å². The lowest BCUT2D eigenvalue weighted by Gasteiger charge is -2.18. The summed E-state index contributed by atoms with van der Waals surface area (Å²) < 4.78 is 39.5. The van der Waals surface area contributed by atoms with E-state index in [0.717, 1.165) is 12.0 Å². The van der Waals surface area contributed by atoms with E-state index in [4.69, 9.17) is 11.6 Å². The number of hydrogen-bond donors (Lipinski definition) is 1. The zero-order valence-corrected chi connectivity index (χ0v) is 12.8. The summed E-state index contributed by atoms with van der Waals surface area (Å²) in [5, 5.41) is 3.93. The van der Waals surface area contributed by atoms with E-state index in [1.54, 1.807) is 12.1 Å². The predicted molar refractivity (Wildman–Crippen MR) is 80.0 cm³/mol. The van der Waals surface area contributed by atoms with E-state index < -0.39 is 11.9 Å². The Balaban J connectivity index is 2.83. The third kappa shape index (κ3) is 3.07. The lowest BCUT2D eigenvalue weighted by molar-refractivity contribution is -0.141. The number of benzene rings is 1. The summed E-state index contributed by atoms with van der Waals surface area (Å²) >= 11 is 6.09. The van der Waals surface area contributed by atoms with Gasteiger partial charge in [-0.1, -0.05) is 18.5 Å². The second kappa shape index (κ2) is 5.72. The summed E-state index contributed by atoms with van der Waals surface area (Å²) in [6.07, 6.45) is -3.70. The molecule has 2 aromatic rings. The van der Waals surface area contributed by atoms with Gasteiger partial charge in [0.1, 0.15) is 5.69 Å². The molecule has 2 nitrogen and oxygen atoms in total. The van der Waals surface area contributed by atoms with Crippen molar-refractivity contribution >= 4 is 28.2 Å². The first-order valence-electron chi connectivity index (χ1n) is 6.67. The van der Waals surface area contributed by atoms with Crippen molar-refractivity contribution in [3.8, 4) is 0 Å². The monoisotopic (exact) mass is 316 g/mol. The lowest BCUT2D eigenvalue weighted by atomic mass is 10.0. The van der Waals surface area contributed by atoms with Crippen molar-refractivity contribution in [1.82, 2.24) is 4.98 Å². The fraction of sp³-hybridized carbons (Fsp3) is 0.400. The molecule has 1 N–H and O–H groups in total. The van der Waals surface area contributed by atoms with E-state index in [2.05, 4.69) is 10.3 Å². The zero-order chi connectivity index (χ0) is 15.8. The van der Waals surface area contributed by atoms with Gasteiger partial charge in [0.25, 0.3) is 0 Å². The lowest BCUT2D eigenvalue weighted by Crippen LogP contribution is -2.14. The van der Waals surface area contributed by atoms with Crippen LogP contribution in [0.4, 0.5) is 18.9 Å². The van der Waals surface area contributed by atoms with Gasteiger partial charge in [-0.05, 0) is 38.0 Å². The summed E-state index contributed by atoms with van der Waals surface area (Å²) in [5.74, 6) is 0. The van der Waals surface area contributed by atoms with Crippen LogP contribution in [0.5, 0.6) is 0 Å². The first-order chi connectivity index (χ1) is 9.75. The quantitative estimate of drug-likeness (QED) is 0.826. The van der Waals surface area contributed by atoms with Crippen molar-refractivity contribution in [1.29, 1.82) is 0 Å². The van der Waals surface area contributed by atoms with Crippen LogP contribution in [0.15, 0.2) is 12.1 Å². The minimum atomic E-state index is -4.50. The molecule has 0 atom stereocenters. The first kappa shape index (κ1) is 15.9. The molecule has 1 aromatic carbocycles. The van der Waals surface area contributed by atoms with Crippen LogP contribution < -0.4 is 5.32 Å². The Morgan fingerprint density at radius 3 is 2.48 bits per heavy atom. The van der Waals surface area contributed by atoms with Gasteiger partial charge in [-0.3, -0.25) is 0 Å². The Kier molecular flexibility index (Phi) is 4.33. The van der Waals surface area contributed by atoms with Gasteiger partial charge in [-0.25, -0.2) is 4.98 Å². The molecule has 0 spiro atoms. The fourth-order valence-electron chi connectivity index (χ4n) is 2.31. The fourth-order valence-corrected chi connectivity index (χ4v) is 2.62. The highest BCUT2D eigenvalue weighted by molar-refractivity contribution is 6.35. The molecular formula is C15H16ClF3N2. The van der Waals surface area contributed by atoms with Gasteiger partial charge in [0.15, 0.2) is 0 Å². The number of fused-ring (bicyclic) bond motifs is 1. The summed E-state index contributed by atoms with van der Waals surface area (Å²) in [4.78, 5) is 3.76. The second-order valence-electron chi connectivity index (χ2n) is 5.03. The molecule has 0 fully saturated rings. The van der Waals surface area contributed by atoms with Crippen LogP contribution in [-0.2, 0) is 6.18 Å². The Morgan fingerprint density at radius 2 is 1.90 bits per heavy atom. The van der Waals surface area contributed by atoms with Crippen LogP contribution in [0, 0.1) is 13.8 Å². The van der Waals surface area contributed by atoms with Gasteiger partial charge in [-0.15, -0.1) is 0 Å².